The number of amides is 3. The number of pyridine rings is 1. The van der Waals surface area contributed by atoms with Gasteiger partial charge in [-0.2, -0.15) is 0 Å². The van der Waals surface area contributed by atoms with Crippen molar-refractivity contribution < 1.29 is 41.8 Å². The van der Waals surface area contributed by atoms with E-state index >= 15 is 0 Å². The Kier molecular flexibility index (Phi) is 10.3. The third kappa shape index (κ3) is 7.74. The number of nitrogens with zero attached hydrogens (tertiary/aromatic N) is 2. The molecule has 1 spiro atoms. The Labute approximate surface area is 335 Å². The van der Waals surface area contributed by atoms with Crippen LogP contribution in [0.2, 0.25) is 0 Å². The Morgan fingerprint density at radius 3 is 2.60 bits per heavy atom. The number of rotatable bonds is 9. The van der Waals surface area contributed by atoms with Gasteiger partial charge in [0.2, 0.25) is 21.8 Å². The third-order valence-electron chi connectivity index (χ3n) is 13.1. The van der Waals surface area contributed by atoms with Crippen LogP contribution in [-0.2, 0) is 40.4 Å². The number of allylic oxidation sites excluding steroid dienone is 1. The van der Waals surface area contributed by atoms with E-state index in [0.29, 0.717) is 44.3 Å². The van der Waals surface area contributed by atoms with Gasteiger partial charge >= 0.3 is 5.97 Å². The van der Waals surface area contributed by atoms with E-state index in [-0.39, 0.29) is 50.2 Å². The van der Waals surface area contributed by atoms with Gasteiger partial charge in [-0.3, -0.25) is 23.9 Å². The van der Waals surface area contributed by atoms with Crippen molar-refractivity contribution in [2.75, 3.05) is 20.3 Å². The maximum absolute atomic E-state index is 14.9. The molecule has 3 saturated carbocycles. The van der Waals surface area contributed by atoms with Crippen LogP contribution in [0, 0.1) is 17.8 Å². The molecule has 308 valence electrons. The first-order valence-corrected chi connectivity index (χ1v) is 22.4. The van der Waals surface area contributed by atoms with Crippen LogP contribution in [0.15, 0.2) is 30.4 Å². The van der Waals surface area contributed by atoms with Crippen LogP contribution < -0.4 is 19.5 Å². The number of fused-ring (bicyclic) bond motifs is 5. The van der Waals surface area contributed by atoms with Crippen molar-refractivity contribution in [3.8, 4) is 11.5 Å². The van der Waals surface area contributed by atoms with Crippen molar-refractivity contribution in [2.24, 2.45) is 17.8 Å². The second-order valence-corrected chi connectivity index (χ2v) is 20.3. The lowest BCUT2D eigenvalue weighted by Gasteiger charge is -2.37. The molecule has 6 aliphatic rings. The molecule has 4 heterocycles. The second kappa shape index (κ2) is 14.9. The lowest BCUT2D eigenvalue weighted by molar-refractivity contribution is -0.151. The molecule has 1 aromatic carbocycles. The van der Waals surface area contributed by atoms with Gasteiger partial charge in [-0.15, -0.1) is 0 Å². The predicted octanol–water partition coefficient (Wildman–Crippen LogP) is 5.38. The number of nitrogens with one attached hydrogen (secondary N) is 2. The number of esters is 1. The Bertz CT molecular complexity index is 2110. The van der Waals surface area contributed by atoms with Gasteiger partial charge in [-0.25, -0.2) is 13.4 Å². The standard InChI is InChI=1S/C43H56N4O9S/c1-26(2)24-55-35(48)20-28-10-8-6-5-7-9-11-29-22-43(29,40(51)46-57(52,53)41(3)18-19-41)45-38(49)34-23-42(25-47(34)39(28)50)17-16-32-31-15-14-30(54-4)21-33(31)44-36(27-12-13-27)37(32)56-42/h9,11,14-15,21,26-29,34H,5-8,10,12-13,16-20,22-25H2,1-4H3,(H,45,49)(H,46,51)/b11-9-/t28-,29-,34+,42-,43-/m1/s1. The van der Waals surface area contributed by atoms with Gasteiger partial charge in [-0.05, 0) is 89.2 Å². The summed E-state index contributed by atoms with van der Waals surface area (Å²) in [6.45, 7) is 5.88. The SMILES string of the molecule is COc1ccc2c3c(c(C4CC4)nc2c1)O[C@]1(CC3)C[C@H]2C(=O)N[C@]3(C(=O)NS(=O)(=O)C4(C)CC4)C[C@H]3/C=C\CCCCC[C@H](CC(=O)OCC(C)C)C(=O)N2C1. The molecule has 3 aliphatic heterocycles. The van der Waals surface area contributed by atoms with Gasteiger partial charge in [0.05, 0.1) is 42.6 Å². The molecule has 8 rings (SSSR count). The molecular weight excluding hydrogens is 749 g/mol. The molecule has 14 heteroatoms. The quantitative estimate of drug-likeness (QED) is 0.248. The molecule has 4 fully saturated rings. The maximum Gasteiger partial charge on any atom is 0.306 e. The summed E-state index contributed by atoms with van der Waals surface area (Å²) in [6, 6.07) is 4.82. The van der Waals surface area contributed by atoms with E-state index < -0.39 is 61.6 Å². The predicted molar refractivity (Wildman–Crippen MR) is 212 cm³/mol. The number of aromatic nitrogens is 1. The molecule has 3 amide bonds. The van der Waals surface area contributed by atoms with E-state index in [2.05, 4.69) is 10.0 Å². The van der Waals surface area contributed by atoms with Crippen molar-refractivity contribution in [3.63, 3.8) is 0 Å². The molecule has 0 radical (unpaired) electrons. The highest BCUT2D eigenvalue weighted by atomic mass is 32.2. The van der Waals surface area contributed by atoms with Crippen LogP contribution in [0.3, 0.4) is 0 Å². The van der Waals surface area contributed by atoms with Gasteiger partial charge in [0.25, 0.3) is 5.91 Å². The first-order chi connectivity index (χ1) is 27.2. The minimum absolute atomic E-state index is 0.108. The zero-order valence-electron chi connectivity index (χ0n) is 33.6. The third-order valence-corrected chi connectivity index (χ3v) is 15.3. The zero-order chi connectivity index (χ0) is 40.3. The number of aryl methyl sites for hydroxylation is 1. The zero-order valence-corrected chi connectivity index (χ0v) is 34.4. The first kappa shape index (κ1) is 39.6. The van der Waals surface area contributed by atoms with Gasteiger partial charge in [0.1, 0.15) is 28.7 Å². The number of carbonyl (C=O) groups excluding carboxylic acids is 4. The Morgan fingerprint density at radius 2 is 1.88 bits per heavy atom. The van der Waals surface area contributed by atoms with E-state index in [0.717, 1.165) is 60.0 Å². The van der Waals surface area contributed by atoms with Crippen LogP contribution in [-0.4, -0.2) is 84.2 Å². The normalized spacial score (nSPS) is 30.2. The smallest absolute Gasteiger partial charge is 0.306 e. The van der Waals surface area contributed by atoms with Crippen molar-refractivity contribution in [1.29, 1.82) is 0 Å². The summed E-state index contributed by atoms with van der Waals surface area (Å²) in [4.78, 5) is 63.5. The highest BCUT2D eigenvalue weighted by Crippen LogP contribution is 2.52. The molecule has 57 heavy (non-hydrogen) atoms. The molecule has 0 unspecified atom stereocenters. The fourth-order valence-corrected chi connectivity index (χ4v) is 10.3. The van der Waals surface area contributed by atoms with Crippen molar-refractivity contribution in [1.82, 2.24) is 19.9 Å². The van der Waals surface area contributed by atoms with Gasteiger partial charge in [0, 0.05) is 41.2 Å². The average molecular weight is 805 g/mol. The van der Waals surface area contributed by atoms with E-state index in [1.807, 2.05) is 44.2 Å². The highest BCUT2D eigenvalue weighted by Gasteiger charge is 2.64. The molecule has 2 N–H and O–H groups in total. The second-order valence-electron chi connectivity index (χ2n) is 18.1. The number of hydrogen-bond donors (Lipinski definition) is 2. The molecular formula is C43H56N4O9S. The van der Waals surface area contributed by atoms with Gasteiger partial charge in [0.15, 0.2) is 0 Å². The van der Waals surface area contributed by atoms with Crippen LogP contribution in [0.1, 0.15) is 121 Å². The summed E-state index contributed by atoms with van der Waals surface area (Å²) in [7, 11) is -2.35. The number of methoxy groups -OCH3 is 1. The molecule has 1 saturated heterocycles. The topological polar surface area (TPSA) is 170 Å². The first-order valence-electron chi connectivity index (χ1n) is 20.9. The number of ether oxygens (including phenoxy) is 3. The summed E-state index contributed by atoms with van der Waals surface area (Å²) in [5, 5.41) is 3.97. The highest BCUT2D eigenvalue weighted by molar-refractivity contribution is 7.91. The summed E-state index contributed by atoms with van der Waals surface area (Å²) < 4.78 is 46.0. The molecule has 1 aromatic heterocycles. The molecule has 13 nitrogen and oxygen atoms in total. The molecule has 2 aromatic rings. The van der Waals surface area contributed by atoms with Crippen molar-refractivity contribution in [2.45, 2.75) is 139 Å². The summed E-state index contributed by atoms with van der Waals surface area (Å²) in [5.74, 6) is -1.39. The van der Waals surface area contributed by atoms with Crippen molar-refractivity contribution in [3.05, 3.63) is 41.6 Å². The largest absolute Gasteiger partial charge is 0.497 e. The molecule has 3 aliphatic carbocycles. The minimum Gasteiger partial charge on any atom is -0.497 e. The van der Waals surface area contributed by atoms with Crippen LogP contribution >= 0.6 is 0 Å². The average Bonchev–Trinajstić information content (AvgIpc) is 4.11. The monoisotopic (exact) mass is 804 g/mol. The van der Waals surface area contributed by atoms with Crippen molar-refractivity contribution >= 4 is 44.6 Å². The summed E-state index contributed by atoms with van der Waals surface area (Å²) in [6.07, 6.45) is 11.8. The van der Waals surface area contributed by atoms with Crippen LogP contribution in [0.4, 0.5) is 0 Å². The van der Waals surface area contributed by atoms with E-state index in [9.17, 15) is 27.6 Å². The number of carbonyl (C=O) groups is 4. The van der Waals surface area contributed by atoms with Crippen LogP contribution in [0.25, 0.3) is 10.9 Å². The maximum atomic E-state index is 14.9. The Balaban J connectivity index is 1.14. The van der Waals surface area contributed by atoms with Gasteiger partial charge < -0.3 is 24.4 Å². The fourth-order valence-electron chi connectivity index (χ4n) is 8.95. The Morgan fingerprint density at radius 1 is 1.09 bits per heavy atom. The lowest BCUT2D eigenvalue weighted by atomic mass is 9.86. The van der Waals surface area contributed by atoms with E-state index in [1.165, 1.54) is 0 Å². The molecule has 0 bridgehead atoms. The minimum atomic E-state index is -3.98. The fraction of sp³-hybridized carbons (Fsp3) is 0.651. The van der Waals surface area contributed by atoms with Gasteiger partial charge in [-0.1, -0.05) is 38.8 Å². The molecule has 5 atom stereocenters. The number of hydrogen-bond acceptors (Lipinski definition) is 10. The lowest BCUT2D eigenvalue weighted by Crippen LogP contribution is -2.57. The number of benzene rings is 1. The summed E-state index contributed by atoms with van der Waals surface area (Å²) in [5.41, 5.74) is 0.343. The number of sulfonamides is 1. The Hall–Kier alpha value is -4.20. The van der Waals surface area contributed by atoms with E-state index in [1.54, 1.807) is 18.9 Å². The van der Waals surface area contributed by atoms with Crippen LogP contribution in [0.5, 0.6) is 11.5 Å². The van der Waals surface area contributed by atoms with E-state index in [4.69, 9.17) is 19.2 Å². The summed E-state index contributed by atoms with van der Waals surface area (Å²) >= 11 is 0.